The molecule has 0 radical (unpaired) electrons. The Morgan fingerprint density at radius 2 is 2.10 bits per heavy atom. The summed E-state index contributed by atoms with van der Waals surface area (Å²) in [4.78, 5) is 2.29. The first-order valence-electron chi connectivity index (χ1n) is 7.18. The Bertz CT molecular complexity index is 455. The third kappa shape index (κ3) is 5.52. The lowest BCUT2D eigenvalue weighted by Crippen LogP contribution is -2.27. The maximum Gasteiger partial charge on any atom is 0.387 e. The SMILES string of the molecule is OCCCCN(Cc1cc(Br)ccc1OC(F)F)C1CC1. The highest BCUT2D eigenvalue weighted by Gasteiger charge is 2.29. The van der Waals surface area contributed by atoms with Crippen molar-refractivity contribution in [3.63, 3.8) is 0 Å². The first-order valence-corrected chi connectivity index (χ1v) is 7.97. The molecule has 3 nitrogen and oxygen atoms in total. The van der Waals surface area contributed by atoms with E-state index >= 15 is 0 Å². The van der Waals surface area contributed by atoms with Crippen molar-refractivity contribution in [2.45, 2.75) is 44.9 Å². The van der Waals surface area contributed by atoms with E-state index in [9.17, 15) is 8.78 Å². The van der Waals surface area contributed by atoms with Crippen molar-refractivity contribution in [1.29, 1.82) is 0 Å². The lowest BCUT2D eigenvalue weighted by molar-refractivity contribution is -0.0508. The quantitative estimate of drug-likeness (QED) is 0.677. The molecule has 0 unspecified atom stereocenters. The molecule has 6 heteroatoms. The number of aliphatic hydroxyl groups is 1. The summed E-state index contributed by atoms with van der Waals surface area (Å²) in [6.07, 6.45) is 3.98. The van der Waals surface area contributed by atoms with Gasteiger partial charge in [-0.05, 0) is 50.4 Å². The van der Waals surface area contributed by atoms with Gasteiger partial charge in [-0.3, -0.25) is 4.90 Å². The van der Waals surface area contributed by atoms with Crippen molar-refractivity contribution in [2.24, 2.45) is 0 Å². The zero-order valence-electron chi connectivity index (χ0n) is 11.8. The van der Waals surface area contributed by atoms with Crippen LogP contribution in [0.3, 0.4) is 0 Å². The molecule has 0 aliphatic heterocycles. The van der Waals surface area contributed by atoms with E-state index in [0.29, 0.717) is 12.6 Å². The summed E-state index contributed by atoms with van der Waals surface area (Å²) >= 11 is 3.37. The van der Waals surface area contributed by atoms with Gasteiger partial charge in [0.15, 0.2) is 0 Å². The number of ether oxygens (including phenoxy) is 1. The smallest absolute Gasteiger partial charge is 0.387 e. The van der Waals surface area contributed by atoms with Crippen molar-refractivity contribution in [3.8, 4) is 5.75 Å². The van der Waals surface area contributed by atoms with Crippen molar-refractivity contribution in [1.82, 2.24) is 4.90 Å². The number of benzene rings is 1. The number of rotatable bonds is 9. The van der Waals surface area contributed by atoms with E-state index in [0.717, 1.165) is 42.3 Å². The minimum Gasteiger partial charge on any atom is -0.434 e. The second kappa shape index (κ2) is 8.06. The average molecular weight is 364 g/mol. The first kappa shape index (κ1) is 16.6. The van der Waals surface area contributed by atoms with E-state index in [1.54, 1.807) is 12.1 Å². The molecule has 0 aromatic heterocycles. The van der Waals surface area contributed by atoms with Crippen molar-refractivity contribution in [2.75, 3.05) is 13.2 Å². The van der Waals surface area contributed by atoms with Gasteiger partial charge in [-0.25, -0.2) is 0 Å². The van der Waals surface area contributed by atoms with Crippen LogP contribution < -0.4 is 4.74 Å². The summed E-state index contributed by atoms with van der Waals surface area (Å²) in [5.41, 5.74) is 0.764. The van der Waals surface area contributed by atoms with Crippen molar-refractivity contribution < 1.29 is 18.6 Å². The lowest BCUT2D eigenvalue weighted by Gasteiger charge is -2.23. The van der Waals surface area contributed by atoms with Crippen LogP contribution in [0.15, 0.2) is 22.7 Å². The Hall–Kier alpha value is -0.720. The van der Waals surface area contributed by atoms with E-state index in [2.05, 4.69) is 25.6 Å². The molecule has 1 aliphatic rings. The fourth-order valence-corrected chi connectivity index (χ4v) is 2.77. The summed E-state index contributed by atoms with van der Waals surface area (Å²) in [5.74, 6) is 0.237. The summed E-state index contributed by atoms with van der Waals surface area (Å²) in [6, 6.07) is 5.64. The van der Waals surface area contributed by atoms with Crippen molar-refractivity contribution in [3.05, 3.63) is 28.2 Å². The molecule has 0 atom stereocenters. The second-order valence-electron chi connectivity index (χ2n) is 5.26. The molecule has 21 heavy (non-hydrogen) atoms. The second-order valence-corrected chi connectivity index (χ2v) is 6.18. The highest BCUT2D eigenvalue weighted by molar-refractivity contribution is 9.10. The fourth-order valence-electron chi connectivity index (χ4n) is 2.36. The maximum absolute atomic E-state index is 12.5. The van der Waals surface area contributed by atoms with E-state index in [1.807, 2.05) is 6.07 Å². The van der Waals surface area contributed by atoms with Gasteiger partial charge in [0.25, 0.3) is 0 Å². The standard InChI is InChI=1S/C15H20BrF2NO2/c16-12-3-6-14(21-15(17)18)11(9-12)10-19(13-4-5-13)7-1-2-8-20/h3,6,9,13,15,20H,1-2,4-5,7-8,10H2. The Balaban J connectivity index is 2.05. The fraction of sp³-hybridized carbons (Fsp3) is 0.600. The van der Waals surface area contributed by atoms with E-state index in [4.69, 9.17) is 5.11 Å². The van der Waals surface area contributed by atoms with Crippen LogP contribution in [-0.2, 0) is 6.54 Å². The Kier molecular flexibility index (Phi) is 6.39. The number of halogens is 3. The Morgan fingerprint density at radius 3 is 2.71 bits per heavy atom. The number of hydrogen-bond donors (Lipinski definition) is 1. The molecular weight excluding hydrogens is 344 g/mol. The van der Waals surface area contributed by atoms with Crippen LogP contribution >= 0.6 is 15.9 Å². The summed E-state index contributed by atoms with van der Waals surface area (Å²) in [6.45, 7) is -1.16. The molecule has 1 aromatic rings. The number of aliphatic hydroxyl groups excluding tert-OH is 1. The molecule has 1 fully saturated rings. The number of nitrogens with zero attached hydrogens (tertiary/aromatic N) is 1. The van der Waals surface area contributed by atoms with Gasteiger partial charge in [0.05, 0.1) is 0 Å². The largest absolute Gasteiger partial charge is 0.434 e. The third-order valence-corrected chi connectivity index (χ3v) is 4.02. The number of alkyl halides is 2. The normalized spacial score (nSPS) is 15.0. The van der Waals surface area contributed by atoms with Crippen LogP contribution in [0.2, 0.25) is 0 Å². The highest BCUT2D eigenvalue weighted by Crippen LogP contribution is 2.32. The topological polar surface area (TPSA) is 32.7 Å². The average Bonchev–Trinajstić information content (AvgIpc) is 3.25. The molecule has 0 bridgehead atoms. The van der Waals surface area contributed by atoms with Crippen LogP contribution in [0.4, 0.5) is 8.78 Å². The molecule has 1 aliphatic carbocycles. The Morgan fingerprint density at radius 1 is 1.33 bits per heavy atom. The van der Waals surface area contributed by atoms with Gasteiger partial charge < -0.3 is 9.84 Å². The molecule has 0 saturated heterocycles. The molecule has 0 amide bonds. The predicted octanol–water partition coefficient (Wildman–Crippen LogP) is 3.79. The molecule has 1 saturated carbocycles. The molecule has 1 N–H and O–H groups in total. The third-order valence-electron chi connectivity index (χ3n) is 3.53. The van der Waals surface area contributed by atoms with Gasteiger partial charge in [0.1, 0.15) is 5.75 Å². The molecular formula is C15H20BrF2NO2. The minimum atomic E-state index is -2.81. The number of hydrogen-bond acceptors (Lipinski definition) is 3. The Labute approximate surface area is 132 Å². The highest BCUT2D eigenvalue weighted by atomic mass is 79.9. The van der Waals surface area contributed by atoms with Gasteiger partial charge in [-0.15, -0.1) is 0 Å². The zero-order chi connectivity index (χ0) is 15.2. The van der Waals surface area contributed by atoms with Gasteiger partial charge >= 0.3 is 6.61 Å². The molecule has 1 aromatic carbocycles. The van der Waals surface area contributed by atoms with Crippen LogP contribution in [0, 0.1) is 0 Å². The zero-order valence-corrected chi connectivity index (χ0v) is 13.4. The predicted molar refractivity (Wildman–Crippen MR) is 80.5 cm³/mol. The van der Waals surface area contributed by atoms with Crippen LogP contribution in [0.1, 0.15) is 31.2 Å². The maximum atomic E-state index is 12.5. The lowest BCUT2D eigenvalue weighted by atomic mass is 10.1. The van der Waals surface area contributed by atoms with Gasteiger partial charge in [0.2, 0.25) is 0 Å². The molecule has 118 valence electrons. The van der Waals surface area contributed by atoms with Crippen LogP contribution in [0.5, 0.6) is 5.75 Å². The van der Waals surface area contributed by atoms with Crippen LogP contribution in [-0.4, -0.2) is 35.8 Å². The number of unbranched alkanes of at least 4 members (excludes halogenated alkanes) is 1. The van der Waals surface area contributed by atoms with Crippen LogP contribution in [0.25, 0.3) is 0 Å². The summed E-state index contributed by atoms with van der Waals surface area (Å²) < 4.78 is 30.4. The molecule has 0 spiro atoms. The monoisotopic (exact) mass is 363 g/mol. The summed E-state index contributed by atoms with van der Waals surface area (Å²) in [5, 5.41) is 8.87. The first-order chi connectivity index (χ1) is 10.1. The van der Waals surface area contributed by atoms with E-state index < -0.39 is 6.61 Å². The molecule has 0 heterocycles. The summed E-state index contributed by atoms with van der Waals surface area (Å²) in [7, 11) is 0. The van der Waals surface area contributed by atoms with E-state index in [1.165, 1.54) is 0 Å². The van der Waals surface area contributed by atoms with Gasteiger partial charge in [-0.2, -0.15) is 8.78 Å². The minimum absolute atomic E-state index is 0.190. The van der Waals surface area contributed by atoms with Crippen molar-refractivity contribution >= 4 is 15.9 Å². The molecule has 2 rings (SSSR count). The van der Waals surface area contributed by atoms with E-state index in [-0.39, 0.29) is 12.4 Å². The van der Waals surface area contributed by atoms with Gasteiger partial charge in [0, 0.05) is 29.2 Å². The van der Waals surface area contributed by atoms with Gasteiger partial charge in [-0.1, -0.05) is 15.9 Å².